The van der Waals surface area contributed by atoms with Crippen LogP contribution in [0.5, 0.6) is 0 Å². The first kappa shape index (κ1) is 39.5. The number of rotatable bonds is 18. The molecule has 0 aliphatic rings. The molecule has 0 amide bonds. The number of benzene rings is 2. The molecule has 276 valence electrons. The number of hydrogen-bond donors (Lipinski definition) is 2. The second-order valence-electron chi connectivity index (χ2n) is 12.3. The van der Waals surface area contributed by atoms with Crippen LogP contribution in [0, 0.1) is 0 Å². The molecular formula is C36H49N11O4S+2. The lowest BCUT2D eigenvalue weighted by atomic mass is 10.2. The van der Waals surface area contributed by atoms with Gasteiger partial charge in [-0.25, -0.2) is 31.3 Å². The zero-order valence-electron chi connectivity index (χ0n) is 30.2. The summed E-state index contributed by atoms with van der Waals surface area (Å²) in [5.41, 5.74) is 4.73. The number of imidazole rings is 2. The fourth-order valence-electron chi connectivity index (χ4n) is 5.00. The number of nitrogens with one attached hydrogen (secondary N) is 2. The van der Waals surface area contributed by atoms with Gasteiger partial charge in [0.1, 0.15) is 25.1 Å². The van der Waals surface area contributed by atoms with Gasteiger partial charge in [-0.1, -0.05) is 11.5 Å². The summed E-state index contributed by atoms with van der Waals surface area (Å²) in [5.74, 6) is 0.805. The van der Waals surface area contributed by atoms with Crippen LogP contribution in [0.2, 0.25) is 0 Å². The van der Waals surface area contributed by atoms with Crippen LogP contribution in [-0.2, 0) is 48.7 Å². The van der Waals surface area contributed by atoms with Gasteiger partial charge >= 0.3 is 5.95 Å². The molecule has 3 heterocycles. The van der Waals surface area contributed by atoms with Gasteiger partial charge in [0.05, 0.1) is 57.2 Å². The van der Waals surface area contributed by atoms with Crippen molar-refractivity contribution in [2.75, 3.05) is 30.0 Å². The molecule has 52 heavy (non-hydrogen) atoms. The molecule has 2 aromatic carbocycles. The summed E-state index contributed by atoms with van der Waals surface area (Å²) in [6, 6.07) is 20.1. The predicted molar refractivity (Wildman–Crippen MR) is 196 cm³/mol. The van der Waals surface area contributed by atoms with Crippen molar-refractivity contribution in [2.45, 2.75) is 45.2 Å². The fourth-order valence-corrected chi connectivity index (χ4v) is 5.00. The molecule has 5 aromatic rings. The van der Waals surface area contributed by atoms with Gasteiger partial charge in [0.25, 0.3) is 10.1 Å². The largest absolute Gasteiger partial charge is 0.707 e. The number of nitrogens with zero attached hydrogens (tertiary/aromatic N) is 9. The van der Waals surface area contributed by atoms with Crippen LogP contribution in [0.25, 0.3) is 0 Å². The number of hydrogen-bond acceptors (Lipinski definition) is 10. The minimum atomic E-state index is -3.72. The minimum absolute atomic E-state index is 0.681. The first-order valence-electron chi connectivity index (χ1n) is 17.1. The maximum atomic E-state index is 9.47. The van der Waals surface area contributed by atoms with Gasteiger partial charge in [-0.15, -0.1) is 0 Å². The number of aryl methyl sites for hydroxylation is 5. The summed E-state index contributed by atoms with van der Waals surface area (Å²) in [5, 5.41) is 33.2. The summed E-state index contributed by atoms with van der Waals surface area (Å²) >= 11 is 0. The molecule has 3 aromatic heterocycles. The van der Waals surface area contributed by atoms with E-state index < -0.39 is 10.1 Å². The number of aromatic nitrogens is 5. The first-order chi connectivity index (χ1) is 25.1. The Morgan fingerprint density at radius 2 is 1.25 bits per heavy atom. The van der Waals surface area contributed by atoms with Crippen molar-refractivity contribution in [2.24, 2.45) is 41.6 Å². The van der Waals surface area contributed by atoms with Gasteiger partial charge in [-0.05, 0) is 67.8 Å². The molecule has 0 spiro atoms. The molecule has 0 atom stereocenters. The average Bonchev–Trinajstić information content (AvgIpc) is 3.73. The van der Waals surface area contributed by atoms with Crippen LogP contribution in [0.4, 0.5) is 34.4 Å². The van der Waals surface area contributed by atoms with E-state index in [-0.39, 0.29) is 0 Å². The molecule has 5 rings (SSSR count). The smallest absolute Gasteiger partial charge is 0.421 e. The molecule has 0 bridgehead atoms. The third-order valence-electron chi connectivity index (χ3n) is 7.84. The standard InChI is InChI=1S/C35H44N11.CH4O4S/c1-42-23-17-34(18-24-42)39-38-32-13-9-31(10-14-32)37-20-8-22-46-28-27-45(29-46)21-7-5-4-6-19-36-30-11-15-33(16-12-30)40-41-35-43(2)25-26-44(35)3;1-6(3,4)5-2/h9-18,23-29H,4-8,19-22H2,1-3H3;2H,1H3/q+1;/p+1. The molecule has 0 saturated heterocycles. The van der Waals surface area contributed by atoms with E-state index in [2.05, 4.69) is 87.5 Å². The van der Waals surface area contributed by atoms with E-state index in [4.69, 9.17) is 5.26 Å². The highest BCUT2D eigenvalue weighted by atomic mass is 32.2. The number of anilines is 2. The fraction of sp³-hybridized carbons (Fsp3) is 0.361. The zero-order valence-corrected chi connectivity index (χ0v) is 31.1. The number of unbranched alkanes of at least 4 members (excludes halogenated alkanes) is 3. The summed E-state index contributed by atoms with van der Waals surface area (Å²) < 4.78 is 32.0. The zero-order chi connectivity index (χ0) is 37.2. The van der Waals surface area contributed by atoms with E-state index in [1.165, 1.54) is 19.3 Å². The van der Waals surface area contributed by atoms with Crippen molar-refractivity contribution in [1.82, 2.24) is 9.13 Å². The monoisotopic (exact) mass is 731 g/mol. The Labute approximate surface area is 305 Å². The minimum Gasteiger partial charge on any atom is -0.707 e. The Bertz CT molecular complexity index is 1940. The Balaban J connectivity index is 0.000000929. The molecule has 0 radical (unpaired) electrons. The van der Waals surface area contributed by atoms with Gasteiger partial charge < -0.3 is 20.2 Å². The second kappa shape index (κ2) is 20.5. The summed E-state index contributed by atoms with van der Waals surface area (Å²) in [6.07, 6.45) is 20.9. The van der Waals surface area contributed by atoms with E-state index in [0.29, 0.717) is 6.26 Å². The van der Waals surface area contributed by atoms with Gasteiger partial charge in [-0.2, -0.15) is 10.2 Å². The summed E-state index contributed by atoms with van der Waals surface area (Å²) in [4.78, 5) is 0. The quantitative estimate of drug-likeness (QED) is 0.0424. The molecule has 16 heteroatoms. The molecule has 2 N–H and O–H groups in total. The van der Waals surface area contributed by atoms with Gasteiger partial charge in [0.15, 0.2) is 12.4 Å². The molecule has 0 saturated carbocycles. The molecular weight excluding hydrogens is 683 g/mol. The average molecular weight is 732 g/mol. The Hall–Kier alpha value is -5.32. The van der Waals surface area contributed by atoms with E-state index in [9.17, 15) is 8.42 Å². The topological polar surface area (TPSA) is 161 Å². The summed E-state index contributed by atoms with van der Waals surface area (Å²) in [7, 11) is 2.19. The maximum absolute atomic E-state index is 9.47. The van der Waals surface area contributed by atoms with E-state index in [1.807, 2.05) is 96.0 Å². The van der Waals surface area contributed by atoms with Gasteiger partial charge in [-0.3, -0.25) is 0 Å². The molecule has 0 fully saturated rings. The maximum Gasteiger partial charge on any atom is 0.421 e. The third kappa shape index (κ3) is 14.5. The van der Waals surface area contributed by atoms with Crippen LogP contribution in [0.15, 0.2) is 125 Å². The Morgan fingerprint density at radius 3 is 1.81 bits per heavy atom. The molecule has 0 aliphatic heterocycles. The van der Waals surface area contributed by atoms with Gasteiger partial charge in [0, 0.05) is 48.1 Å². The predicted octanol–water partition coefficient (Wildman–Crippen LogP) is 5.01. The lowest BCUT2D eigenvalue weighted by Gasteiger charge is -2.06. The van der Waals surface area contributed by atoms with Crippen LogP contribution in [0.1, 0.15) is 32.1 Å². The SMILES string of the molecule is CS(=O)(=O)O[O-].Cn1cc[n+](C)c1N=Nc1ccc(NCCCCCCn2cc[n+](CCCNc3ccc(N=Nc4cc[n+](C)cc4)cc3)c2)cc1. The normalized spacial score (nSPS) is 11.6. The van der Waals surface area contributed by atoms with Crippen LogP contribution in [-0.4, -0.2) is 36.9 Å². The third-order valence-corrected chi connectivity index (χ3v) is 8.09. The first-order valence-corrected chi connectivity index (χ1v) is 18.9. The van der Waals surface area contributed by atoms with Crippen LogP contribution in [0.3, 0.4) is 0 Å². The van der Waals surface area contributed by atoms with Gasteiger partial charge in [0.2, 0.25) is 6.33 Å². The van der Waals surface area contributed by atoms with Crippen molar-refractivity contribution in [3.8, 4) is 0 Å². The van der Waals surface area contributed by atoms with Crippen molar-refractivity contribution in [3.05, 3.63) is 104 Å². The number of azo groups is 2. The Morgan fingerprint density at radius 1 is 0.712 bits per heavy atom. The van der Waals surface area contributed by atoms with Crippen LogP contribution < -0.4 is 29.6 Å². The van der Waals surface area contributed by atoms with Crippen molar-refractivity contribution < 1.29 is 31.7 Å². The van der Waals surface area contributed by atoms with E-state index in [0.717, 1.165) is 73.4 Å². The molecule has 0 unspecified atom stereocenters. The number of pyridine rings is 1. The highest BCUT2D eigenvalue weighted by Crippen LogP contribution is 2.20. The lowest BCUT2D eigenvalue weighted by molar-refractivity contribution is -0.696. The van der Waals surface area contributed by atoms with E-state index in [1.54, 1.807) is 0 Å². The molecule has 0 aliphatic carbocycles. The highest BCUT2D eigenvalue weighted by Gasteiger charge is 2.10. The molecule has 15 nitrogen and oxygen atoms in total. The lowest BCUT2D eigenvalue weighted by Crippen LogP contribution is -2.32. The Kier molecular flexibility index (Phi) is 15.6. The highest BCUT2D eigenvalue weighted by molar-refractivity contribution is 7.85. The summed E-state index contributed by atoms with van der Waals surface area (Å²) in [6.45, 7) is 3.93. The van der Waals surface area contributed by atoms with Crippen molar-refractivity contribution in [3.63, 3.8) is 0 Å². The second-order valence-corrected chi connectivity index (χ2v) is 13.9. The van der Waals surface area contributed by atoms with Crippen LogP contribution >= 0.6 is 0 Å². The van der Waals surface area contributed by atoms with E-state index >= 15 is 0 Å². The van der Waals surface area contributed by atoms with Crippen molar-refractivity contribution in [1.29, 1.82) is 0 Å². The van der Waals surface area contributed by atoms with Crippen molar-refractivity contribution >= 4 is 44.5 Å².